The highest BCUT2D eigenvalue weighted by atomic mass is 32.2. The zero-order chi connectivity index (χ0) is 37.9. The molecule has 1 saturated heterocycles. The number of amides is 1. The van der Waals surface area contributed by atoms with Gasteiger partial charge in [-0.15, -0.1) is 0 Å². The fourth-order valence-corrected chi connectivity index (χ4v) is 7.10. The molecule has 4 aromatic carbocycles. The maximum Gasteiger partial charge on any atom is 0.338 e. The van der Waals surface area contributed by atoms with Crippen LogP contribution < -0.4 is 5.32 Å². The molecule has 17 nitrogen and oxygen atoms in total. The van der Waals surface area contributed by atoms with Crippen LogP contribution in [0.2, 0.25) is 0 Å². The summed E-state index contributed by atoms with van der Waals surface area (Å²) in [5, 5.41) is 64.5. The highest BCUT2D eigenvalue weighted by Crippen LogP contribution is 2.35. The van der Waals surface area contributed by atoms with Gasteiger partial charge >= 0.3 is 11.9 Å². The van der Waals surface area contributed by atoms with Gasteiger partial charge in [-0.2, -0.15) is 4.31 Å². The van der Waals surface area contributed by atoms with E-state index >= 15 is 0 Å². The number of carboxylic acids is 1. The summed E-state index contributed by atoms with van der Waals surface area (Å²) in [6.07, 6.45) is -1.11. The molecule has 1 aliphatic heterocycles. The Morgan fingerprint density at radius 3 is 2.08 bits per heavy atom. The van der Waals surface area contributed by atoms with Crippen molar-refractivity contribution in [3.05, 3.63) is 117 Å². The number of rotatable bonds is 10. The predicted octanol–water partition coefficient (Wildman–Crippen LogP) is 3.16. The quantitative estimate of drug-likeness (QED) is 0.0591. The fourth-order valence-electron chi connectivity index (χ4n) is 5.60. The van der Waals surface area contributed by atoms with E-state index in [-0.39, 0.29) is 41.3 Å². The normalized spacial score (nSPS) is 16.3. The molecule has 0 spiro atoms. The smallest absolute Gasteiger partial charge is 0.338 e. The number of aromatic hydroxyl groups is 4. The summed E-state index contributed by atoms with van der Waals surface area (Å²) in [5.74, 6) is -7.52. The van der Waals surface area contributed by atoms with Crippen LogP contribution >= 0.6 is 0 Å². The van der Waals surface area contributed by atoms with Gasteiger partial charge in [-0.05, 0) is 73.5 Å². The number of esters is 1. The van der Waals surface area contributed by atoms with Gasteiger partial charge in [-0.3, -0.25) is 19.7 Å². The number of carboxylic acid groups (broad SMARTS) is 1. The van der Waals surface area contributed by atoms with Gasteiger partial charge in [-0.1, -0.05) is 6.07 Å². The number of sulfonamides is 1. The van der Waals surface area contributed by atoms with Crippen molar-refractivity contribution in [3.63, 3.8) is 0 Å². The number of hydrogen-bond donors (Lipinski definition) is 6. The summed E-state index contributed by atoms with van der Waals surface area (Å²) in [6, 6.07) is 12.8. The summed E-state index contributed by atoms with van der Waals surface area (Å²) in [5.41, 5.74) is -2.91. The summed E-state index contributed by atoms with van der Waals surface area (Å²) in [6.45, 7) is -0.542. The molecule has 270 valence electrons. The molecule has 0 aromatic heterocycles. The van der Waals surface area contributed by atoms with E-state index in [1.807, 2.05) is 0 Å². The summed E-state index contributed by atoms with van der Waals surface area (Å²) >= 11 is 0. The van der Waals surface area contributed by atoms with Crippen LogP contribution in [0.3, 0.4) is 0 Å². The van der Waals surface area contributed by atoms with E-state index < -0.39 is 96.8 Å². The summed E-state index contributed by atoms with van der Waals surface area (Å²) < 4.78 is 34.0. The number of carbonyl (C=O) groups excluding carboxylic acids is 3. The lowest BCUT2D eigenvalue weighted by Gasteiger charge is -2.29. The Morgan fingerprint density at radius 1 is 0.846 bits per heavy atom. The Bertz CT molecular complexity index is 2160. The van der Waals surface area contributed by atoms with Gasteiger partial charge in [0, 0.05) is 30.8 Å². The van der Waals surface area contributed by atoms with Gasteiger partial charge in [0.2, 0.25) is 15.8 Å². The molecule has 5 rings (SSSR count). The van der Waals surface area contributed by atoms with Crippen molar-refractivity contribution in [1.29, 1.82) is 0 Å². The first-order valence-corrected chi connectivity index (χ1v) is 16.7. The van der Waals surface area contributed by atoms with Crippen LogP contribution in [0, 0.1) is 10.1 Å². The van der Waals surface area contributed by atoms with Gasteiger partial charge in [0.25, 0.3) is 11.6 Å². The fraction of sp³-hybridized carbons (Fsp3) is 0.176. The third kappa shape index (κ3) is 7.62. The zero-order valence-corrected chi connectivity index (χ0v) is 27.5. The van der Waals surface area contributed by atoms with Gasteiger partial charge < -0.3 is 35.6 Å². The number of phenols is 4. The number of non-ortho nitro benzene ring substituents is 1. The lowest BCUT2D eigenvalue weighted by molar-refractivity contribution is -0.384. The second kappa shape index (κ2) is 14.8. The molecular weight excluding hydrogens is 706 g/mol. The first-order valence-electron chi connectivity index (χ1n) is 15.3. The van der Waals surface area contributed by atoms with E-state index in [1.54, 1.807) is 0 Å². The number of nitrogens with one attached hydrogen (secondary N) is 1. The lowest BCUT2D eigenvalue weighted by atomic mass is 9.95. The Morgan fingerprint density at radius 2 is 1.48 bits per heavy atom. The summed E-state index contributed by atoms with van der Waals surface area (Å²) in [4.78, 5) is 61.7. The topological polar surface area (TPSA) is 271 Å². The second-order valence-corrected chi connectivity index (χ2v) is 13.5. The highest BCUT2D eigenvalue weighted by Gasteiger charge is 2.37. The van der Waals surface area contributed by atoms with E-state index in [0.29, 0.717) is 0 Å². The molecule has 18 heteroatoms. The molecule has 1 fully saturated rings. The SMILES string of the molecule is O=C(N[C@H]1CN(S(=O)(=O)c2ccc([N+](=O)[O-])cc2)CCC[C@@H]1OC(=O)c1cc(O)c(C(=O)c2c(O)cccc2C(=O)O)c(O)c1)c1ccc(O)cc1. The molecule has 1 amide bonds. The highest BCUT2D eigenvalue weighted by molar-refractivity contribution is 7.89. The molecular formula is C34H29N3O14S. The minimum absolute atomic E-state index is 0.00166. The van der Waals surface area contributed by atoms with Crippen LogP contribution in [0.25, 0.3) is 0 Å². The molecule has 0 aliphatic carbocycles. The molecule has 2 atom stereocenters. The van der Waals surface area contributed by atoms with E-state index in [1.165, 1.54) is 30.3 Å². The Labute approximate surface area is 294 Å². The van der Waals surface area contributed by atoms with E-state index in [0.717, 1.165) is 52.8 Å². The molecule has 0 saturated carbocycles. The average molecular weight is 736 g/mol. The Kier molecular flexibility index (Phi) is 10.4. The van der Waals surface area contributed by atoms with Crippen molar-refractivity contribution in [2.45, 2.75) is 29.9 Å². The zero-order valence-electron chi connectivity index (χ0n) is 26.7. The Hall–Kier alpha value is -6.53. The predicted molar refractivity (Wildman–Crippen MR) is 178 cm³/mol. The van der Waals surface area contributed by atoms with Gasteiger partial charge in [0.15, 0.2) is 0 Å². The maximum atomic E-state index is 13.6. The van der Waals surface area contributed by atoms with Crippen molar-refractivity contribution in [2.24, 2.45) is 0 Å². The van der Waals surface area contributed by atoms with Gasteiger partial charge in [0.05, 0.1) is 32.6 Å². The average Bonchev–Trinajstić information content (AvgIpc) is 3.30. The lowest BCUT2D eigenvalue weighted by Crippen LogP contribution is -2.51. The van der Waals surface area contributed by atoms with Crippen LogP contribution in [0.15, 0.2) is 83.8 Å². The van der Waals surface area contributed by atoms with Crippen molar-refractivity contribution < 1.29 is 62.8 Å². The van der Waals surface area contributed by atoms with Crippen molar-refractivity contribution in [2.75, 3.05) is 13.1 Å². The number of hydrogen-bond acceptors (Lipinski definition) is 13. The Balaban J connectivity index is 1.44. The monoisotopic (exact) mass is 735 g/mol. The maximum absolute atomic E-state index is 13.6. The molecule has 1 aliphatic rings. The van der Waals surface area contributed by atoms with E-state index in [2.05, 4.69) is 5.32 Å². The number of ketones is 1. The second-order valence-electron chi connectivity index (χ2n) is 11.6. The standard InChI is InChI=1S/C34H29N3O14S/c38-21-10-6-18(7-11-21)32(43)35-24-17-36(52(49,50)22-12-8-20(9-13-22)37(47)48)14-2-5-28(24)51-34(46)19-15-26(40)30(27(41)16-19)31(42)29-23(33(44)45)3-1-4-25(29)39/h1,3-4,6-13,15-16,24,28,38-41H,2,5,14,17H2,(H,35,43)(H,44,45)/t24-,28-/m0/s1. The molecule has 6 N–H and O–H groups in total. The first-order chi connectivity index (χ1) is 24.6. The largest absolute Gasteiger partial charge is 0.508 e. The van der Waals surface area contributed by atoms with E-state index in [4.69, 9.17) is 4.74 Å². The molecule has 0 bridgehead atoms. The van der Waals surface area contributed by atoms with Crippen LogP contribution in [0.5, 0.6) is 23.0 Å². The van der Waals surface area contributed by atoms with Crippen LogP contribution in [-0.4, -0.2) is 92.0 Å². The minimum Gasteiger partial charge on any atom is -0.508 e. The molecule has 52 heavy (non-hydrogen) atoms. The molecule has 4 aromatic rings. The number of nitro groups is 1. The number of carbonyl (C=O) groups is 4. The van der Waals surface area contributed by atoms with Gasteiger partial charge in [0.1, 0.15) is 34.7 Å². The van der Waals surface area contributed by atoms with Crippen LogP contribution in [0.1, 0.15) is 59.8 Å². The first kappa shape index (κ1) is 36.7. The summed E-state index contributed by atoms with van der Waals surface area (Å²) in [7, 11) is -4.30. The number of ether oxygens (including phenoxy) is 1. The molecule has 0 unspecified atom stereocenters. The third-order valence-corrected chi connectivity index (χ3v) is 10.1. The van der Waals surface area contributed by atoms with Crippen molar-refractivity contribution in [3.8, 4) is 23.0 Å². The van der Waals surface area contributed by atoms with Crippen LogP contribution in [-0.2, 0) is 14.8 Å². The third-order valence-electron chi connectivity index (χ3n) is 8.19. The number of nitro benzene ring substituents is 1. The molecule has 0 radical (unpaired) electrons. The number of phenolic OH excluding ortho intramolecular Hbond substituents is 4. The minimum atomic E-state index is -4.30. The van der Waals surface area contributed by atoms with Crippen molar-refractivity contribution >= 4 is 39.3 Å². The van der Waals surface area contributed by atoms with Crippen LogP contribution in [0.4, 0.5) is 5.69 Å². The number of nitrogens with zero attached hydrogens (tertiary/aromatic N) is 2. The number of aromatic carboxylic acids is 1. The van der Waals surface area contributed by atoms with E-state index in [9.17, 15) is 63.2 Å². The van der Waals surface area contributed by atoms with Crippen molar-refractivity contribution in [1.82, 2.24) is 9.62 Å². The number of benzene rings is 4. The molecule has 1 heterocycles. The van der Waals surface area contributed by atoms with Gasteiger partial charge in [-0.25, -0.2) is 18.0 Å².